The molecule has 1 unspecified atom stereocenters. The predicted molar refractivity (Wildman–Crippen MR) is 73.8 cm³/mol. The summed E-state index contributed by atoms with van der Waals surface area (Å²) in [7, 11) is 1.46. The van der Waals surface area contributed by atoms with Crippen molar-refractivity contribution in [3.05, 3.63) is 53.6 Å². The summed E-state index contributed by atoms with van der Waals surface area (Å²) in [5.41, 5.74) is 7.87. The number of halogens is 1. The van der Waals surface area contributed by atoms with Crippen molar-refractivity contribution in [2.24, 2.45) is 5.73 Å². The van der Waals surface area contributed by atoms with Crippen LogP contribution in [0.15, 0.2) is 36.7 Å². The molecule has 0 aliphatic carbocycles. The van der Waals surface area contributed by atoms with Gasteiger partial charge in [-0.1, -0.05) is 6.07 Å². The molecule has 1 aromatic heterocycles. The minimum Gasteiger partial charge on any atom is -0.494 e. The minimum absolute atomic E-state index is 0.147. The van der Waals surface area contributed by atoms with Crippen LogP contribution in [0.5, 0.6) is 5.75 Å². The molecule has 4 heteroatoms. The van der Waals surface area contributed by atoms with E-state index in [9.17, 15) is 4.39 Å². The monoisotopic (exact) mass is 262 g/mol. The van der Waals surface area contributed by atoms with Gasteiger partial charge in [-0.15, -0.1) is 0 Å². The fourth-order valence-corrected chi connectivity index (χ4v) is 2.10. The zero-order valence-electron chi connectivity index (χ0n) is 11.3. The van der Waals surface area contributed by atoms with E-state index in [1.54, 1.807) is 6.07 Å². The van der Waals surface area contributed by atoms with E-state index in [4.69, 9.17) is 10.5 Å². The Labute approximate surface area is 112 Å². The zero-order chi connectivity index (χ0) is 13.8. The van der Waals surface area contributed by atoms with Crippen LogP contribution in [0.25, 0.3) is 0 Å². The summed E-state index contributed by atoms with van der Waals surface area (Å²) >= 11 is 0. The van der Waals surface area contributed by atoms with E-state index in [0.29, 0.717) is 6.54 Å². The molecule has 1 heterocycles. The summed E-state index contributed by atoms with van der Waals surface area (Å²) in [6.45, 7) is 2.62. The van der Waals surface area contributed by atoms with Crippen LogP contribution in [0, 0.1) is 5.82 Å². The molecule has 0 fully saturated rings. The lowest BCUT2D eigenvalue weighted by atomic mass is 10.1. The summed E-state index contributed by atoms with van der Waals surface area (Å²) in [5.74, 6) is -0.0585. The van der Waals surface area contributed by atoms with Crippen molar-refractivity contribution in [1.82, 2.24) is 4.57 Å². The van der Waals surface area contributed by atoms with Crippen LogP contribution in [0.2, 0.25) is 0 Å². The second-order valence-electron chi connectivity index (χ2n) is 4.84. The largest absolute Gasteiger partial charge is 0.494 e. The molecule has 2 rings (SSSR count). The van der Waals surface area contributed by atoms with Crippen molar-refractivity contribution in [3.63, 3.8) is 0 Å². The molecule has 0 saturated carbocycles. The van der Waals surface area contributed by atoms with Crippen LogP contribution >= 0.6 is 0 Å². The number of nitrogens with zero attached hydrogens (tertiary/aromatic N) is 1. The van der Waals surface area contributed by atoms with E-state index >= 15 is 0 Å². The molecule has 0 radical (unpaired) electrons. The van der Waals surface area contributed by atoms with Crippen LogP contribution in [0.1, 0.15) is 18.1 Å². The van der Waals surface area contributed by atoms with Crippen molar-refractivity contribution < 1.29 is 9.13 Å². The molecule has 2 aromatic rings. The first kappa shape index (κ1) is 13.6. The fourth-order valence-electron chi connectivity index (χ4n) is 2.10. The van der Waals surface area contributed by atoms with Gasteiger partial charge in [-0.2, -0.15) is 0 Å². The van der Waals surface area contributed by atoms with Crippen molar-refractivity contribution >= 4 is 0 Å². The molecule has 0 bridgehead atoms. The smallest absolute Gasteiger partial charge is 0.165 e. The number of rotatable bonds is 5. The molecule has 1 aromatic carbocycles. The van der Waals surface area contributed by atoms with E-state index in [-0.39, 0.29) is 17.6 Å². The molecule has 1 atom stereocenters. The van der Waals surface area contributed by atoms with Gasteiger partial charge in [0, 0.05) is 25.0 Å². The van der Waals surface area contributed by atoms with E-state index in [2.05, 4.69) is 0 Å². The Balaban J connectivity index is 2.08. The van der Waals surface area contributed by atoms with Gasteiger partial charge in [-0.05, 0) is 42.7 Å². The van der Waals surface area contributed by atoms with Gasteiger partial charge >= 0.3 is 0 Å². The summed E-state index contributed by atoms with van der Waals surface area (Å²) in [6.07, 6.45) is 4.88. The van der Waals surface area contributed by atoms with Gasteiger partial charge in [0.15, 0.2) is 11.6 Å². The maximum Gasteiger partial charge on any atom is 0.165 e. The van der Waals surface area contributed by atoms with Crippen LogP contribution in [-0.2, 0) is 13.0 Å². The molecule has 102 valence electrons. The standard InChI is InChI=1S/C15H19FN2O/c1-11(17)7-13-5-6-18(10-13)9-12-3-4-15(19-2)14(16)8-12/h3-6,8,10-11H,7,9,17H2,1-2H3. The molecule has 0 aliphatic heterocycles. The lowest BCUT2D eigenvalue weighted by Gasteiger charge is -2.06. The number of ether oxygens (including phenoxy) is 1. The molecule has 19 heavy (non-hydrogen) atoms. The van der Waals surface area contributed by atoms with Gasteiger partial charge in [-0.25, -0.2) is 4.39 Å². The highest BCUT2D eigenvalue weighted by atomic mass is 19.1. The quantitative estimate of drug-likeness (QED) is 0.899. The molecular weight excluding hydrogens is 243 g/mol. The maximum atomic E-state index is 13.6. The Bertz CT molecular complexity index is 549. The van der Waals surface area contributed by atoms with Crippen molar-refractivity contribution in [2.45, 2.75) is 25.9 Å². The van der Waals surface area contributed by atoms with Crippen LogP contribution in [-0.4, -0.2) is 17.7 Å². The van der Waals surface area contributed by atoms with Gasteiger partial charge < -0.3 is 15.0 Å². The molecule has 3 nitrogen and oxygen atoms in total. The second kappa shape index (κ2) is 5.89. The molecule has 0 saturated heterocycles. The van der Waals surface area contributed by atoms with Gasteiger partial charge in [0.25, 0.3) is 0 Å². The fraction of sp³-hybridized carbons (Fsp3) is 0.333. The average Bonchev–Trinajstić information content (AvgIpc) is 2.76. The van der Waals surface area contributed by atoms with Crippen molar-refractivity contribution in [3.8, 4) is 5.75 Å². The zero-order valence-corrected chi connectivity index (χ0v) is 11.3. The minimum atomic E-state index is -0.331. The molecule has 0 amide bonds. The number of nitrogens with two attached hydrogens (primary N) is 1. The van der Waals surface area contributed by atoms with Gasteiger partial charge in [0.2, 0.25) is 0 Å². The number of methoxy groups -OCH3 is 1. The third-order valence-electron chi connectivity index (χ3n) is 2.95. The van der Waals surface area contributed by atoms with Crippen molar-refractivity contribution in [2.75, 3.05) is 7.11 Å². The lowest BCUT2D eigenvalue weighted by molar-refractivity contribution is 0.386. The van der Waals surface area contributed by atoms with Gasteiger partial charge in [0.1, 0.15) is 0 Å². The number of benzene rings is 1. The SMILES string of the molecule is COc1ccc(Cn2ccc(CC(C)N)c2)cc1F. The Hall–Kier alpha value is -1.81. The molecule has 2 N–H and O–H groups in total. The van der Waals surface area contributed by atoms with Crippen molar-refractivity contribution in [1.29, 1.82) is 0 Å². The van der Waals surface area contributed by atoms with E-state index in [1.807, 2.05) is 36.0 Å². The molecule has 0 aliphatic rings. The average molecular weight is 262 g/mol. The summed E-state index contributed by atoms with van der Waals surface area (Å²) in [5, 5.41) is 0. The first-order valence-corrected chi connectivity index (χ1v) is 6.31. The Morgan fingerprint density at radius 1 is 1.32 bits per heavy atom. The first-order valence-electron chi connectivity index (χ1n) is 6.31. The lowest BCUT2D eigenvalue weighted by Crippen LogP contribution is -2.17. The first-order chi connectivity index (χ1) is 9.08. The van der Waals surface area contributed by atoms with E-state index in [1.165, 1.54) is 18.7 Å². The maximum absolute atomic E-state index is 13.6. The topological polar surface area (TPSA) is 40.2 Å². The number of hydrogen-bond acceptors (Lipinski definition) is 2. The summed E-state index contributed by atoms with van der Waals surface area (Å²) < 4.78 is 20.5. The highest BCUT2D eigenvalue weighted by Gasteiger charge is 2.05. The highest BCUT2D eigenvalue weighted by molar-refractivity contribution is 5.29. The summed E-state index contributed by atoms with van der Waals surface area (Å²) in [6, 6.07) is 7.21. The van der Waals surface area contributed by atoms with Gasteiger partial charge in [-0.3, -0.25) is 0 Å². The Kier molecular flexibility index (Phi) is 4.22. The van der Waals surface area contributed by atoms with E-state index < -0.39 is 0 Å². The Morgan fingerprint density at radius 3 is 2.74 bits per heavy atom. The Morgan fingerprint density at radius 2 is 2.11 bits per heavy atom. The number of hydrogen-bond donors (Lipinski definition) is 1. The highest BCUT2D eigenvalue weighted by Crippen LogP contribution is 2.18. The number of aromatic nitrogens is 1. The third-order valence-corrected chi connectivity index (χ3v) is 2.95. The van der Waals surface area contributed by atoms with Crippen LogP contribution in [0.3, 0.4) is 0 Å². The summed E-state index contributed by atoms with van der Waals surface area (Å²) in [4.78, 5) is 0. The van der Waals surface area contributed by atoms with Crippen LogP contribution in [0.4, 0.5) is 4.39 Å². The molecular formula is C15H19FN2O. The van der Waals surface area contributed by atoms with Gasteiger partial charge in [0.05, 0.1) is 7.11 Å². The molecule has 0 spiro atoms. The second-order valence-corrected chi connectivity index (χ2v) is 4.84. The predicted octanol–water partition coefficient (Wildman–Crippen LogP) is 2.57. The van der Waals surface area contributed by atoms with Crippen LogP contribution < -0.4 is 10.5 Å². The normalized spacial score (nSPS) is 12.4. The van der Waals surface area contributed by atoms with E-state index in [0.717, 1.165) is 12.0 Å². The third kappa shape index (κ3) is 3.58.